The van der Waals surface area contributed by atoms with Crippen LogP contribution in [-0.4, -0.2) is 29.5 Å². The summed E-state index contributed by atoms with van der Waals surface area (Å²) in [5, 5.41) is 3.22. The fraction of sp³-hybridized carbons (Fsp3) is 0.476. The van der Waals surface area contributed by atoms with Crippen molar-refractivity contribution >= 4 is 35.3 Å². The fourth-order valence-electron chi connectivity index (χ4n) is 2.08. The molecule has 2 rings (SSSR count). The predicted molar refractivity (Wildman–Crippen MR) is 123 cm³/mol. The molecule has 1 aromatic carbocycles. The maximum atomic E-state index is 5.82. The molecule has 0 amide bonds. The third-order valence-corrected chi connectivity index (χ3v) is 4.23. The average molecular weight is 390 g/mol. The first-order valence-electron chi connectivity index (χ1n) is 9.59. The molecular formula is C21H35N5S. The van der Waals surface area contributed by atoms with E-state index in [9.17, 15) is 0 Å². The lowest BCUT2D eigenvalue weighted by atomic mass is 10.2. The second kappa shape index (κ2) is 16.1. The van der Waals surface area contributed by atoms with Crippen LogP contribution in [0.1, 0.15) is 58.9 Å². The van der Waals surface area contributed by atoms with E-state index in [0.29, 0.717) is 17.2 Å². The van der Waals surface area contributed by atoms with Crippen LogP contribution in [0.25, 0.3) is 0 Å². The second-order valence-electron chi connectivity index (χ2n) is 5.47. The number of aliphatic imine (C=N–C) groups is 1. The highest BCUT2D eigenvalue weighted by atomic mass is 32.2. The third-order valence-electron chi connectivity index (χ3n) is 3.48. The number of nitrogen functional groups attached to an aromatic ring is 1. The predicted octanol–water partition coefficient (Wildman–Crippen LogP) is 6.19. The molecule has 0 aliphatic heterocycles. The average Bonchev–Trinajstić information content (AvgIpc) is 2.71. The number of unbranched alkanes of at least 4 members (excludes halogenated alkanes) is 3. The van der Waals surface area contributed by atoms with Crippen molar-refractivity contribution in [3.8, 4) is 0 Å². The maximum Gasteiger partial charge on any atom is 0.144 e. The molecule has 150 valence electrons. The van der Waals surface area contributed by atoms with Crippen LogP contribution >= 0.6 is 11.8 Å². The van der Waals surface area contributed by atoms with E-state index in [2.05, 4.69) is 34.1 Å². The normalized spacial score (nSPS) is 9.85. The van der Waals surface area contributed by atoms with Gasteiger partial charge in [-0.15, -0.1) is 11.8 Å². The fourth-order valence-corrected chi connectivity index (χ4v) is 2.48. The van der Waals surface area contributed by atoms with Crippen LogP contribution in [0, 0.1) is 0 Å². The zero-order chi connectivity index (χ0) is 20.5. The molecular weight excluding hydrogens is 354 g/mol. The molecule has 0 atom stereocenters. The van der Waals surface area contributed by atoms with Crippen LogP contribution in [0.2, 0.25) is 0 Å². The van der Waals surface area contributed by atoms with Crippen molar-refractivity contribution in [3.05, 3.63) is 36.2 Å². The van der Waals surface area contributed by atoms with Crippen LogP contribution < -0.4 is 11.1 Å². The quantitative estimate of drug-likeness (QED) is 0.335. The van der Waals surface area contributed by atoms with E-state index in [0.717, 1.165) is 5.69 Å². The number of nitrogens with one attached hydrogen (secondary N) is 1. The zero-order valence-electron chi connectivity index (χ0n) is 17.6. The Morgan fingerprint density at radius 3 is 2.15 bits per heavy atom. The number of benzene rings is 1. The SMILES string of the molecule is CC.CCCCCC.CN=Cc1c(N)ncnc1Nc1ccc(SC)cc1. The summed E-state index contributed by atoms with van der Waals surface area (Å²) in [6.45, 7) is 8.46. The molecule has 0 radical (unpaired) electrons. The van der Waals surface area contributed by atoms with Gasteiger partial charge in [0.25, 0.3) is 0 Å². The van der Waals surface area contributed by atoms with Crippen molar-refractivity contribution in [2.75, 3.05) is 24.4 Å². The standard InChI is InChI=1S/C13H15N5S.C6H14.C2H6/c1-15-7-11-12(14)16-8-17-13(11)18-9-3-5-10(19-2)6-4-9;1-3-5-6-4-2;1-2/h3-8H,1-2H3,(H3,14,16,17,18);3-6H2,1-2H3;1-2H3. The van der Waals surface area contributed by atoms with E-state index in [1.165, 1.54) is 36.9 Å². The van der Waals surface area contributed by atoms with Gasteiger partial charge in [0.15, 0.2) is 0 Å². The number of thioether (sulfide) groups is 1. The van der Waals surface area contributed by atoms with Gasteiger partial charge in [-0.3, -0.25) is 4.99 Å². The Labute approximate surface area is 169 Å². The van der Waals surface area contributed by atoms with Gasteiger partial charge in [-0.1, -0.05) is 53.4 Å². The van der Waals surface area contributed by atoms with E-state index in [1.807, 2.05) is 44.4 Å². The molecule has 0 saturated heterocycles. The Kier molecular flexibility index (Phi) is 14.9. The van der Waals surface area contributed by atoms with Crippen molar-refractivity contribution in [3.63, 3.8) is 0 Å². The smallest absolute Gasteiger partial charge is 0.144 e. The lowest BCUT2D eigenvalue weighted by Gasteiger charge is -2.09. The summed E-state index contributed by atoms with van der Waals surface area (Å²) in [7, 11) is 1.68. The molecule has 0 spiro atoms. The number of anilines is 3. The Balaban J connectivity index is 0.000000722. The van der Waals surface area contributed by atoms with Crippen molar-refractivity contribution < 1.29 is 0 Å². The lowest BCUT2D eigenvalue weighted by molar-refractivity contribution is 0.702. The van der Waals surface area contributed by atoms with Crippen molar-refractivity contribution in [1.82, 2.24) is 9.97 Å². The van der Waals surface area contributed by atoms with Gasteiger partial charge in [-0.05, 0) is 30.5 Å². The van der Waals surface area contributed by atoms with Crippen LogP contribution in [0.4, 0.5) is 17.3 Å². The number of rotatable bonds is 7. The Bertz CT molecular complexity index is 638. The number of nitrogens with two attached hydrogens (primary N) is 1. The number of nitrogens with zero attached hydrogens (tertiary/aromatic N) is 3. The van der Waals surface area contributed by atoms with Crippen molar-refractivity contribution in [2.45, 2.75) is 58.3 Å². The minimum absolute atomic E-state index is 0.406. The topological polar surface area (TPSA) is 76.2 Å². The van der Waals surface area contributed by atoms with Crippen molar-refractivity contribution in [1.29, 1.82) is 0 Å². The van der Waals surface area contributed by atoms with Gasteiger partial charge in [0.2, 0.25) is 0 Å². The molecule has 0 fully saturated rings. The zero-order valence-corrected chi connectivity index (χ0v) is 18.4. The first-order chi connectivity index (χ1) is 13.2. The molecule has 0 aliphatic carbocycles. The highest BCUT2D eigenvalue weighted by molar-refractivity contribution is 7.98. The molecule has 0 aliphatic rings. The molecule has 5 nitrogen and oxygen atoms in total. The highest BCUT2D eigenvalue weighted by Crippen LogP contribution is 2.22. The Morgan fingerprint density at radius 1 is 1.07 bits per heavy atom. The second-order valence-corrected chi connectivity index (χ2v) is 6.35. The molecule has 1 heterocycles. The number of hydrogen-bond donors (Lipinski definition) is 2. The van der Waals surface area contributed by atoms with E-state index < -0.39 is 0 Å². The lowest BCUT2D eigenvalue weighted by Crippen LogP contribution is -2.04. The van der Waals surface area contributed by atoms with Gasteiger partial charge in [-0.2, -0.15) is 0 Å². The summed E-state index contributed by atoms with van der Waals surface area (Å²) in [6, 6.07) is 8.09. The molecule has 0 bridgehead atoms. The van der Waals surface area contributed by atoms with Crippen LogP contribution in [-0.2, 0) is 0 Å². The molecule has 27 heavy (non-hydrogen) atoms. The number of aromatic nitrogens is 2. The first kappa shape index (κ1) is 24.9. The number of hydrogen-bond acceptors (Lipinski definition) is 6. The molecule has 1 aromatic heterocycles. The van der Waals surface area contributed by atoms with Crippen molar-refractivity contribution in [2.24, 2.45) is 4.99 Å². The molecule has 0 saturated carbocycles. The van der Waals surface area contributed by atoms with Crippen LogP contribution in [0.15, 0.2) is 40.5 Å². The van der Waals surface area contributed by atoms with Crippen LogP contribution in [0.3, 0.4) is 0 Å². The minimum Gasteiger partial charge on any atom is -0.383 e. The summed E-state index contributed by atoms with van der Waals surface area (Å²) in [6.07, 6.45) is 10.7. The van der Waals surface area contributed by atoms with Gasteiger partial charge in [0, 0.05) is 23.8 Å². The van der Waals surface area contributed by atoms with E-state index >= 15 is 0 Å². The Morgan fingerprint density at radius 2 is 1.67 bits per heavy atom. The van der Waals surface area contributed by atoms with E-state index in [4.69, 9.17) is 5.73 Å². The minimum atomic E-state index is 0.406. The molecule has 0 unspecified atom stereocenters. The summed E-state index contributed by atoms with van der Waals surface area (Å²) in [4.78, 5) is 13.3. The molecule has 3 N–H and O–H groups in total. The first-order valence-corrected chi connectivity index (χ1v) is 10.8. The Hall–Kier alpha value is -2.08. The molecule has 6 heteroatoms. The van der Waals surface area contributed by atoms with Gasteiger partial charge in [0.05, 0.1) is 5.56 Å². The van der Waals surface area contributed by atoms with E-state index in [1.54, 1.807) is 25.0 Å². The summed E-state index contributed by atoms with van der Waals surface area (Å²) in [5.74, 6) is 1.05. The largest absolute Gasteiger partial charge is 0.383 e. The van der Waals surface area contributed by atoms with Gasteiger partial charge in [0.1, 0.15) is 18.0 Å². The van der Waals surface area contributed by atoms with Gasteiger partial charge in [-0.25, -0.2) is 9.97 Å². The summed E-state index contributed by atoms with van der Waals surface area (Å²) < 4.78 is 0. The summed E-state index contributed by atoms with van der Waals surface area (Å²) >= 11 is 1.70. The maximum absolute atomic E-state index is 5.82. The van der Waals surface area contributed by atoms with Crippen LogP contribution in [0.5, 0.6) is 0 Å². The van der Waals surface area contributed by atoms with Gasteiger partial charge >= 0.3 is 0 Å². The monoisotopic (exact) mass is 389 g/mol. The summed E-state index contributed by atoms with van der Waals surface area (Å²) in [5.41, 5.74) is 7.46. The van der Waals surface area contributed by atoms with Gasteiger partial charge < -0.3 is 11.1 Å². The highest BCUT2D eigenvalue weighted by Gasteiger charge is 2.07. The molecule has 2 aromatic rings. The van der Waals surface area contributed by atoms with E-state index in [-0.39, 0.29) is 0 Å². The third kappa shape index (κ3) is 9.99.